The van der Waals surface area contributed by atoms with Crippen LogP contribution in [0.25, 0.3) is 0 Å². The summed E-state index contributed by atoms with van der Waals surface area (Å²) in [7, 11) is 0. The van der Waals surface area contributed by atoms with Crippen molar-refractivity contribution < 1.29 is 13.2 Å². The van der Waals surface area contributed by atoms with Crippen LogP contribution in [-0.4, -0.2) is 42.8 Å². The van der Waals surface area contributed by atoms with Gasteiger partial charge in [0, 0.05) is 25.2 Å². The topological polar surface area (TPSA) is 15.3 Å². The molecule has 0 radical (unpaired) electrons. The molecule has 2 nitrogen and oxygen atoms in total. The Balaban J connectivity index is 1.69. The van der Waals surface area contributed by atoms with Crippen LogP contribution >= 0.6 is 0 Å². The Morgan fingerprint density at radius 1 is 1.24 bits per heavy atom. The van der Waals surface area contributed by atoms with E-state index in [1.54, 1.807) is 0 Å². The van der Waals surface area contributed by atoms with Crippen molar-refractivity contribution in [1.82, 2.24) is 10.2 Å². The fraction of sp³-hybridized carbons (Fsp3) is 1.00. The highest BCUT2D eigenvalue weighted by molar-refractivity contribution is 4.91. The van der Waals surface area contributed by atoms with Crippen LogP contribution < -0.4 is 5.32 Å². The third-order valence-corrected chi connectivity index (χ3v) is 3.51. The number of nitrogens with one attached hydrogen (secondary N) is 1. The van der Waals surface area contributed by atoms with E-state index in [9.17, 15) is 13.2 Å². The lowest BCUT2D eigenvalue weighted by molar-refractivity contribution is -0.125. The van der Waals surface area contributed by atoms with Crippen LogP contribution in [0.3, 0.4) is 0 Å². The van der Waals surface area contributed by atoms with Gasteiger partial charge in [0.1, 0.15) is 0 Å². The molecule has 0 spiro atoms. The van der Waals surface area contributed by atoms with E-state index in [0.29, 0.717) is 12.6 Å². The summed E-state index contributed by atoms with van der Waals surface area (Å²) in [4.78, 5) is 2.40. The normalized spacial score (nSPS) is 23.1. The van der Waals surface area contributed by atoms with E-state index >= 15 is 0 Å². The first-order valence-electron chi connectivity index (χ1n) is 6.49. The fourth-order valence-electron chi connectivity index (χ4n) is 2.23. The predicted molar refractivity (Wildman–Crippen MR) is 60.8 cm³/mol. The zero-order valence-corrected chi connectivity index (χ0v) is 10.3. The third-order valence-electron chi connectivity index (χ3n) is 3.51. The maximum Gasteiger partial charge on any atom is 0.401 e. The number of alkyl halides is 3. The first-order chi connectivity index (χ1) is 7.96. The summed E-state index contributed by atoms with van der Waals surface area (Å²) in [5.74, 6) is 0.806. The SMILES string of the molecule is CC(CNCC(F)(F)F)N(CC1CC1)C1CC1. The van der Waals surface area contributed by atoms with Crippen LogP contribution in [0, 0.1) is 5.92 Å². The molecule has 2 saturated carbocycles. The second-order valence-electron chi connectivity index (χ2n) is 5.47. The van der Waals surface area contributed by atoms with Gasteiger partial charge in [-0.15, -0.1) is 0 Å². The van der Waals surface area contributed by atoms with Gasteiger partial charge in [0.25, 0.3) is 0 Å². The van der Waals surface area contributed by atoms with Gasteiger partial charge >= 0.3 is 6.18 Å². The Labute approximate surface area is 101 Å². The van der Waals surface area contributed by atoms with Crippen LogP contribution in [0.4, 0.5) is 13.2 Å². The highest BCUT2D eigenvalue weighted by atomic mass is 19.4. The predicted octanol–water partition coefficient (Wildman–Crippen LogP) is 2.40. The molecule has 17 heavy (non-hydrogen) atoms. The monoisotopic (exact) mass is 250 g/mol. The molecule has 0 heterocycles. The maximum absolute atomic E-state index is 12.0. The van der Waals surface area contributed by atoms with Crippen molar-refractivity contribution in [2.75, 3.05) is 19.6 Å². The summed E-state index contributed by atoms with van der Waals surface area (Å²) in [6.07, 6.45) is 0.936. The summed E-state index contributed by atoms with van der Waals surface area (Å²) in [6, 6.07) is 0.851. The van der Waals surface area contributed by atoms with Crippen molar-refractivity contribution in [2.45, 2.75) is 50.9 Å². The second-order valence-corrected chi connectivity index (χ2v) is 5.47. The van der Waals surface area contributed by atoms with Crippen LogP contribution in [0.5, 0.6) is 0 Å². The minimum Gasteiger partial charge on any atom is -0.307 e. The average molecular weight is 250 g/mol. The summed E-state index contributed by atoms with van der Waals surface area (Å²) < 4.78 is 36.1. The third kappa shape index (κ3) is 4.84. The first-order valence-corrected chi connectivity index (χ1v) is 6.49. The van der Waals surface area contributed by atoms with E-state index in [1.165, 1.54) is 25.7 Å². The van der Waals surface area contributed by atoms with Crippen LogP contribution in [-0.2, 0) is 0 Å². The molecule has 5 heteroatoms. The molecule has 1 atom stereocenters. The molecule has 1 unspecified atom stereocenters. The minimum atomic E-state index is -4.10. The number of hydrogen-bond acceptors (Lipinski definition) is 2. The first kappa shape index (κ1) is 13.1. The Hall–Kier alpha value is -0.290. The van der Waals surface area contributed by atoms with Gasteiger partial charge in [0.05, 0.1) is 6.54 Å². The lowest BCUT2D eigenvalue weighted by Crippen LogP contribution is -2.44. The van der Waals surface area contributed by atoms with E-state index in [0.717, 1.165) is 12.5 Å². The molecule has 0 aliphatic heterocycles. The zero-order chi connectivity index (χ0) is 12.5. The van der Waals surface area contributed by atoms with E-state index in [-0.39, 0.29) is 6.04 Å². The number of hydrogen-bond donors (Lipinski definition) is 1. The maximum atomic E-state index is 12.0. The van der Waals surface area contributed by atoms with Gasteiger partial charge in [-0.1, -0.05) is 0 Å². The summed E-state index contributed by atoms with van der Waals surface area (Å²) >= 11 is 0. The lowest BCUT2D eigenvalue weighted by atomic mass is 10.2. The van der Waals surface area contributed by atoms with Gasteiger partial charge in [-0.05, 0) is 38.5 Å². The van der Waals surface area contributed by atoms with Crippen molar-refractivity contribution >= 4 is 0 Å². The number of halogens is 3. The second kappa shape index (κ2) is 5.14. The summed E-state index contributed by atoms with van der Waals surface area (Å²) in [5.41, 5.74) is 0. The van der Waals surface area contributed by atoms with Crippen LogP contribution in [0.15, 0.2) is 0 Å². The minimum absolute atomic E-state index is 0.213. The number of nitrogens with zero attached hydrogens (tertiary/aromatic N) is 1. The molecule has 1 N–H and O–H groups in total. The molecule has 100 valence electrons. The summed E-state index contributed by atoms with van der Waals surface area (Å²) in [5, 5.41) is 2.52. The zero-order valence-electron chi connectivity index (χ0n) is 10.3. The molecule has 0 aromatic carbocycles. The molecule has 0 bridgehead atoms. The van der Waals surface area contributed by atoms with Crippen molar-refractivity contribution in [3.05, 3.63) is 0 Å². The molecule has 0 aromatic rings. The van der Waals surface area contributed by atoms with Crippen molar-refractivity contribution in [3.8, 4) is 0 Å². The van der Waals surface area contributed by atoms with Gasteiger partial charge in [-0.25, -0.2) is 0 Å². The van der Waals surface area contributed by atoms with Crippen molar-refractivity contribution in [2.24, 2.45) is 5.92 Å². The summed E-state index contributed by atoms with van der Waals surface area (Å²) in [6.45, 7) is 2.67. The van der Waals surface area contributed by atoms with Gasteiger partial charge in [0.15, 0.2) is 0 Å². The van der Waals surface area contributed by atoms with E-state index in [2.05, 4.69) is 10.2 Å². The fourth-order valence-corrected chi connectivity index (χ4v) is 2.23. The highest BCUT2D eigenvalue weighted by Crippen LogP contribution is 2.35. The smallest absolute Gasteiger partial charge is 0.307 e. The van der Waals surface area contributed by atoms with E-state index in [4.69, 9.17) is 0 Å². The number of rotatable bonds is 7. The molecule has 2 rings (SSSR count). The van der Waals surface area contributed by atoms with Crippen molar-refractivity contribution in [3.63, 3.8) is 0 Å². The van der Waals surface area contributed by atoms with Crippen molar-refractivity contribution in [1.29, 1.82) is 0 Å². The largest absolute Gasteiger partial charge is 0.401 e. The van der Waals surface area contributed by atoms with E-state index < -0.39 is 12.7 Å². The molecule has 2 fully saturated rings. The molecule has 2 aliphatic carbocycles. The standard InChI is InChI=1S/C12H21F3N2/c1-9(6-16-8-12(13,14)15)17(11-4-5-11)7-10-2-3-10/h9-11,16H,2-8H2,1H3. The quantitative estimate of drug-likeness (QED) is 0.746. The average Bonchev–Trinajstić information content (AvgIpc) is 3.05. The Morgan fingerprint density at radius 3 is 2.35 bits per heavy atom. The lowest BCUT2D eigenvalue weighted by Gasteiger charge is -2.29. The Morgan fingerprint density at radius 2 is 1.88 bits per heavy atom. The van der Waals surface area contributed by atoms with Gasteiger partial charge in [-0.3, -0.25) is 4.90 Å². The van der Waals surface area contributed by atoms with Gasteiger partial charge in [0.2, 0.25) is 0 Å². The molecular formula is C12H21F3N2. The molecule has 0 amide bonds. The van der Waals surface area contributed by atoms with Crippen LogP contribution in [0.1, 0.15) is 32.6 Å². The molecule has 0 saturated heterocycles. The van der Waals surface area contributed by atoms with Gasteiger partial charge in [-0.2, -0.15) is 13.2 Å². The van der Waals surface area contributed by atoms with Gasteiger partial charge < -0.3 is 5.32 Å². The Bertz CT molecular complexity index is 247. The van der Waals surface area contributed by atoms with Crippen LogP contribution in [0.2, 0.25) is 0 Å². The molecular weight excluding hydrogens is 229 g/mol. The van der Waals surface area contributed by atoms with E-state index in [1.807, 2.05) is 6.92 Å². The highest BCUT2D eigenvalue weighted by Gasteiger charge is 2.36. The molecule has 2 aliphatic rings. The molecule has 0 aromatic heterocycles. The Kier molecular flexibility index (Phi) is 3.98.